The number of nitrogens with one attached hydrogen (secondary N) is 1. The van der Waals surface area contributed by atoms with Crippen molar-refractivity contribution < 1.29 is 29.4 Å². The predicted octanol–water partition coefficient (Wildman–Crippen LogP) is 0.647. The molecule has 2 amide bonds. The highest BCUT2D eigenvalue weighted by atomic mass is 19.1. The van der Waals surface area contributed by atoms with Gasteiger partial charge in [0.25, 0.3) is 0 Å². The van der Waals surface area contributed by atoms with E-state index in [0.29, 0.717) is 12.0 Å². The number of aliphatic hydroxyl groups excluding tert-OH is 1. The molecule has 0 aliphatic carbocycles. The third-order valence-electron chi connectivity index (χ3n) is 4.25. The highest BCUT2D eigenvalue weighted by molar-refractivity contribution is 5.82. The fourth-order valence-electron chi connectivity index (χ4n) is 2.50. The summed E-state index contributed by atoms with van der Waals surface area (Å²) in [6.07, 6.45) is -0.460. The largest absolute Gasteiger partial charge is 0.393 e. The molecule has 0 aliphatic heterocycles. The predicted molar refractivity (Wildman–Crippen MR) is 87.8 cm³/mol. The van der Waals surface area contributed by atoms with Crippen molar-refractivity contribution in [2.45, 2.75) is 50.7 Å². The van der Waals surface area contributed by atoms with Crippen LogP contribution < -0.4 is 11.2 Å². The van der Waals surface area contributed by atoms with Crippen molar-refractivity contribution in [3.8, 4) is 0 Å². The van der Waals surface area contributed by atoms with Gasteiger partial charge in [0, 0.05) is 5.92 Å². The van der Waals surface area contributed by atoms with Gasteiger partial charge in [-0.05, 0) is 50.7 Å². The van der Waals surface area contributed by atoms with Crippen LogP contribution in [0.3, 0.4) is 0 Å². The fourth-order valence-corrected chi connectivity index (χ4v) is 2.50. The van der Waals surface area contributed by atoms with E-state index in [4.69, 9.17) is 10.9 Å². The van der Waals surface area contributed by atoms with Crippen molar-refractivity contribution in [2.75, 3.05) is 0 Å². The van der Waals surface area contributed by atoms with Crippen LogP contribution in [-0.2, 0) is 16.0 Å². The molecule has 0 saturated carbocycles. The van der Waals surface area contributed by atoms with Crippen molar-refractivity contribution in [1.82, 2.24) is 5.48 Å². The molecule has 25 heavy (non-hydrogen) atoms. The number of rotatable bonds is 10. The van der Waals surface area contributed by atoms with Crippen LogP contribution in [0.5, 0.6) is 0 Å². The van der Waals surface area contributed by atoms with Gasteiger partial charge in [-0.15, -0.1) is 0 Å². The molecule has 0 aliphatic rings. The summed E-state index contributed by atoms with van der Waals surface area (Å²) in [5, 5.41) is 28.8. The molecule has 0 saturated heterocycles. The number of halogens is 1. The van der Waals surface area contributed by atoms with Crippen LogP contribution in [0.15, 0.2) is 24.3 Å². The zero-order valence-electron chi connectivity index (χ0n) is 14.1. The number of hydroxylamine groups is 1. The molecule has 0 fully saturated rings. The highest BCUT2D eigenvalue weighted by Gasteiger charge is 2.31. The van der Waals surface area contributed by atoms with E-state index in [0.717, 1.165) is 0 Å². The number of primary amides is 1. The summed E-state index contributed by atoms with van der Waals surface area (Å²) in [4.78, 5) is 22.9. The number of aryl methyl sites for hydroxylation is 1. The Morgan fingerprint density at radius 3 is 2.52 bits per heavy atom. The lowest BCUT2D eigenvalue weighted by Gasteiger charge is -2.23. The Kier molecular flexibility index (Phi) is 7.95. The maximum atomic E-state index is 13.6. The molecular formula is C17H25FN2O5. The van der Waals surface area contributed by atoms with Crippen LogP contribution in [0.4, 0.5) is 4.39 Å². The van der Waals surface area contributed by atoms with E-state index in [-0.39, 0.29) is 31.5 Å². The summed E-state index contributed by atoms with van der Waals surface area (Å²) in [5.74, 6) is -2.84. The molecule has 8 heteroatoms. The Labute approximate surface area is 145 Å². The van der Waals surface area contributed by atoms with Crippen LogP contribution in [0.1, 0.15) is 38.2 Å². The molecule has 0 radical (unpaired) electrons. The standard InChI is InChI=1S/C17H25FN2O5/c1-17(24,16(19)23)9-8-12(15(22)20-25)10-13(21)7-6-11-4-2-3-5-14(11)18/h2-5,12-13,21,24-25H,6-10H2,1H3,(H2,19,23)(H,20,22)/t12-,13+,17?/m1/s1. The van der Waals surface area contributed by atoms with Gasteiger partial charge in [0.1, 0.15) is 11.4 Å². The Hall–Kier alpha value is -2.03. The van der Waals surface area contributed by atoms with Crippen LogP contribution in [0.2, 0.25) is 0 Å². The molecule has 7 nitrogen and oxygen atoms in total. The van der Waals surface area contributed by atoms with Crippen molar-refractivity contribution in [2.24, 2.45) is 11.7 Å². The molecule has 0 aromatic heterocycles. The molecule has 1 rings (SSSR count). The second kappa shape index (κ2) is 9.45. The molecule has 1 unspecified atom stereocenters. The summed E-state index contributed by atoms with van der Waals surface area (Å²) in [6, 6.07) is 6.21. The molecule has 3 atom stereocenters. The number of carbonyl (C=O) groups is 2. The number of hydrogen-bond donors (Lipinski definition) is 5. The van der Waals surface area contributed by atoms with Gasteiger partial charge in [-0.25, -0.2) is 9.87 Å². The Bertz CT molecular complexity index is 594. The first kappa shape index (κ1) is 21.0. The molecule has 1 aromatic rings. The first-order valence-electron chi connectivity index (χ1n) is 8.05. The van der Waals surface area contributed by atoms with Gasteiger partial charge in [-0.3, -0.25) is 14.8 Å². The van der Waals surface area contributed by atoms with E-state index < -0.39 is 29.4 Å². The maximum Gasteiger partial charge on any atom is 0.249 e. The zero-order valence-corrected chi connectivity index (χ0v) is 14.1. The summed E-state index contributed by atoms with van der Waals surface area (Å²) >= 11 is 0. The molecular weight excluding hydrogens is 331 g/mol. The molecule has 140 valence electrons. The van der Waals surface area contributed by atoms with E-state index in [1.54, 1.807) is 18.2 Å². The number of aliphatic hydroxyl groups is 2. The van der Waals surface area contributed by atoms with E-state index in [1.807, 2.05) is 0 Å². The topological polar surface area (TPSA) is 133 Å². The van der Waals surface area contributed by atoms with E-state index in [2.05, 4.69) is 0 Å². The van der Waals surface area contributed by atoms with Crippen LogP contribution in [-0.4, -0.2) is 38.9 Å². The molecule has 0 heterocycles. The highest BCUT2D eigenvalue weighted by Crippen LogP contribution is 2.22. The first-order chi connectivity index (χ1) is 11.7. The van der Waals surface area contributed by atoms with Crippen LogP contribution >= 0.6 is 0 Å². The lowest BCUT2D eigenvalue weighted by atomic mass is 9.88. The average Bonchev–Trinajstić information content (AvgIpc) is 2.57. The summed E-state index contributed by atoms with van der Waals surface area (Å²) in [7, 11) is 0. The van der Waals surface area contributed by atoms with Crippen molar-refractivity contribution in [3.63, 3.8) is 0 Å². The van der Waals surface area contributed by atoms with E-state index in [1.165, 1.54) is 18.5 Å². The van der Waals surface area contributed by atoms with Gasteiger partial charge < -0.3 is 15.9 Å². The lowest BCUT2D eigenvalue weighted by Crippen LogP contribution is -2.42. The van der Waals surface area contributed by atoms with Crippen molar-refractivity contribution >= 4 is 11.8 Å². The monoisotopic (exact) mass is 356 g/mol. The minimum atomic E-state index is -1.79. The summed E-state index contributed by atoms with van der Waals surface area (Å²) in [5.41, 5.74) is 5.25. The normalized spacial score (nSPS) is 15.9. The number of nitrogens with two attached hydrogens (primary N) is 1. The van der Waals surface area contributed by atoms with Crippen LogP contribution in [0, 0.1) is 11.7 Å². The van der Waals surface area contributed by atoms with E-state index in [9.17, 15) is 24.2 Å². The SMILES string of the molecule is CC(O)(CC[C@H](C[C@@H](O)CCc1ccccc1F)C(=O)NO)C(N)=O. The van der Waals surface area contributed by atoms with Gasteiger partial charge in [0.2, 0.25) is 11.8 Å². The first-order valence-corrected chi connectivity index (χ1v) is 8.05. The Morgan fingerprint density at radius 2 is 1.96 bits per heavy atom. The zero-order chi connectivity index (χ0) is 19.0. The summed E-state index contributed by atoms with van der Waals surface area (Å²) in [6.45, 7) is 1.23. The maximum absolute atomic E-state index is 13.6. The van der Waals surface area contributed by atoms with Crippen LogP contribution in [0.25, 0.3) is 0 Å². The molecule has 1 aromatic carbocycles. The number of amides is 2. The molecule has 6 N–H and O–H groups in total. The van der Waals surface area contributed by atoms with Gasteiger partial charge in [0.15, 0.2) is 0 Å². The third-order valence-corrected chi connectivity index (χ3v) is 4.25. The van der Waals surface area contributed by atoms with Gasteiger partial charge in [-0.2, -0.15) is 0 Å². The average molecular weight is 356 g/mol. The summed E-state index contributed by atoms with van der Waals surface area (Å²) < 4.78 is 13.6. The molecule has 0 spiro atoms. The second-order valence-corrected chi connectivity index (χ2v) is 6.37. The van der Waals surface area contributed by atoms with Crippen molar-refractivity contribution in [1.29, 1.82) is 0 Å². The third kappa shape index (κ3) is 6.77. The van der Waals surface area contributed by atoms with Crippen molar-refractivity contribution in [3.05, 3.63) is 35.6 Å². The van der Waals surface area contributed by atoms with Gasteiger partial charge in [0.05, 0.1) is 6.10 Å². The number of hydrogen-bond acceptors (Lipinski definition) is 5. The van der Waals surface area contributed by atoms with Gasteiger partial charge in [-0.1, -0.05) is 18.2 Å². The second-order valence-electron chi connectivity index (χ2n) is 6.37. The number of benzene rings is 1. The Morgan fingerprint density at radius 1 is 1.32 bits per heavy atom. The van der Waals surface area contributed by atoms with E-state index >= 15 is 0 Å². The molecule has 0 bridgehead atoms. The Balaban J connectivity index is 2.60. The minimum Gasteiger partial charge on any atom is -0.393 e. The minimum absolute atomic E-state index is 0.00428. The smallest absolute Gasteiger partial charge is 0.249 e. The quantitative estimate of drug-likeness (QED) is 0.310. The number of carbonyl (C=O) groups excluding carboxylic acids is 2. The van der Waals surface area contributed by atoms with Gasteiger partial charge >= 0.3 is 0 Å². The lowest BCUT2D eigenvalue weighted by molar-refractivity contribution is -0.139. The fraction of sp³-hybridized carbons (Fsp3) is 0.529.